The molecule has 0 aromatic carbocycles. The molecule has 1 aromatic heterocycles. The van der Waals surface area contributed by atoms with E-state index in [9.17, 15) is 14.7 Å². The van der Waals surface area contributed by atoms with Crippen molar-refractivity contribution in [2.75, 3.05) is 0 Å². The second-order valence-corrected chi connectivity index (χ2v) is 6.11. The number of carboxylic acid groups (broad SMARTS) is 1. The summed E-state index contributed by atoms with van der Waals surface area (Å²) in [6.45, 7) is 7.20. The van der Waals surface area contributed by atoms with Crippen LogP contribution in [0.5, 0.6) is 0 Å². The number of rotatable bonds is 7. The lowest BCUT2D eigenvalue weighted by atomic mass is 10.1. The van der Waals surface area contributed by atoms with Crippen LogP contribution in [0.1, 0.15) is 51.9 Å². The largest absolute Gasteiger partial charge is 0.480 e. The van der Waals surface area contributed by atoms with Crippen molar-refractivity contribution in [1.29, 1.82) is 0 Å². The maximum absolute atomic E-state index is 11.7. The number of amides is 1. The summed E-state index contributed by atoms with van der Waals surface area (Å²) in [6, 6.07) is -0.956. The predicted molar refractivity (Wildman–Crippen MR) is 81.7 cm³/mol. The van der Waals surface area contributed by atoms with Crippen LogP contribution in [0.4, 0.5) is 4.79 Å². The van der Waals surface area contributed by atoms with Crippen molar-refractivity contribution < 1.29 is 19.4 Å². The Kier molecular flexibility index (Phi) is 6.39. The van der Waals surface area contributed by atoms with Crippen LogP contribution in [0, 0.1) is 0 Å². The number of ether oxygens (including phenoxy) is 1. The monoisotopic (exact) mass is 311 g/mol. The molecule has 0 spiro atoms. The molecule has 22 heavy (non-hydrogen) atoms. The van der Waals surface area contributed by atoms with Gasteiger partial charge in [-0.1, -0.05) is 6.92 Å². The quantitative estimate of drug-likeness (QED) is 0.716. The van der Waals surface area contributed by atoms with Gasteiger partial charge in [0.15, 0.2) is 0 Å². The Morgan fingerprint density at radius 1 is 1.45 bits per heavy atom. The second kappa shape index (κ2) is 7.82. The van der Waals surface area contributed by atoms with Gasteiger partial charge in [-0.05, 0) is 46.5 Å². The van der Waals surface area contributed by atoms with Crippen LogP contribution in [0.3, 0.4) is 0 Å². The zero-order chi connectivity index (χ0) is 16.8. The minimum Gasteiger partial charge on any atom is -0.480 e. The number of nitrogens with zero attached hydrogens (tertiary/aromatic N) is 1. The molecule has 7 nitrogen and oxygen atoms in total. The third-order valence-corrected chi connectivity index (χ3v) is 3.05. The van der Waals surface area contributed by atoms with Gasteiger partial charge in [-0.2, -0.15) is 0 Å². The van der Waals surface area contributed by atoms with Gasteiger partial charge >= 0.3 is 12.1 Å². The van der Waals surface area contributed by atoms with E-state index in [0.717, 1.165) is 17.8 Å². The minimum atomic E-state index is -1.06. The first-order valence-corrected chi connectivity index (χ1v) is 7.46. The molecule has 7 heteroatoms. The van der Waals surface area contributed by atoms with E-state index in [4.69, 9.17) is 4.74 Å². The zero-order valence-electron chi connectivity index (χ0n) is 13.6. The molecular formula is C15H25N3O4. The predicted octanol–water partition coefficient (Wildman–Crippen LogP) is 2.27. The highest BCUT2D eigenvalue weighted by Gasteiger charge is 2.23. The van der Waals surface area contributed by atoms with E-state index < -0.39 is 23.7 Å². The lowest BCUT2D eigenvalue weighted by Crippen LogP contribution is -2.43. The third kappa shape index (κ3) is 6.15. The fraction of sp³-hybridized carbons (Fsp3) is 0.667. The van der Waals surface area contributed by atoms with E-state index in [2.05, 4.69) is 15.3 Å². The SMILES string of the molecule is CCc1nc[nH]c1CCC[C@H](NC(=O)OC(C)(C)C)C(=O)O. The van der Waals surface area contributed by atoms with Gasteiger partial charge in [0.25, 0.3) is 0 Å². The van der Waals surface area contributed by atoms with Crippen molar-refractivity contribution in [3.8, 4) is 0 Å². The van der Waals surface area contributed by atoms with E-state index >= 15 is 0 Å². The summed E-state index contributed by atoms with van der Waals surface area (Å²) in [5.41, 5.74) is 1.36. The molecule has 1 rings (SSSR count). The highest BCUT2D eigenvalue weighted by atomic mass is 16.6. The second-order valence-electron chi connectivity index (χ2n) is 6.11. The van der Waals surface area contributed by atoms with Crippen molar-refractivity contribution >= 4 is 12.1 Å². The number of hydrogen-bond donors (Lipinski definition) is 3. The lowest BCUT2D eigenvalue weighted by Gasteiger charge is -2.22. The molecule has 0 saturated carbocycles. The summed E-state index contributed by atoms with van der Waals surface area (Å²) < 4.78 is 5.08. The molecule has 0 radical (unpaired) electrons. The van der Waals surface area contributed by atoms with Crippen molar-refractivity contribution in [2.24, 2.45) is 0 Å². The number of aryl methyl sites for hydroxylation is 2. The Balaban J connectivity index is 2.48. The average molecular weight is 311 g/mol. The van der Waals surface area contributed by atoms with Crippen molar-refractivity contribution in [1.82, 2.24) is 15.3 Å². The maximum Gasteiger partial charge on any atom is 0.408 e. The first-order valence-electron chi connectivity index (χ1n) is 7.46. The van der Waals surface area contributed by atoms with Crippen molar-refractivity contribution in [2.45, 2.75) is 65.0 Å². The first kappa shape index (κ1) is 18.0. The standard InChI is InChI=1S/C15H25N3O4/c1-5-10-11(17-9-16-10)7-6-8-12(13(19)20)18-14(21)22-15(2,3)4/h9,12H,5-8H2,1-4H3,(H,16,17)(H,18,21)(H,19,20)/t12-/m0/s1. The van der Waals surface area contributed by atoms with E-state index in [0.29, 0.717) is 19.3 Å². The Morgan fingerprint density at radius 2 is 2.14 bits per heavy atom. The number of alkyl carbamates (subject to hydrolysis) is 1. The van der Waals surface area contributed by atoms with Crippen LogP contribution in [0.2, 0.25) is 0 Å². The molecule has 0 saturated heterocycles. The highest BCUT2D eigenvalue weighted by Crippen LogP contribution is 2.11. The van der Waals surface area contributed by atoms with Crippen LogP contribution >= 0.6 is 0 Å². The lowest BCUT2D eigenvalue weighted by molar-refractivity contribution is -0.139. The van der Waals surface area contributed by atoms with E-state index in [-0.39, 0.29) is 0 Å². The molecule has 0 aliphatic rings. The van der Waals surface area contributed by atoms with Crippen LogP contribution in [0.25, 0.3) is 0 Å². The number of carbonyl (C=O) groups excluding carboxylic acids is 1. The summed E-state index contributed by atoms with van der Waals surface area (Å²) in [6.07, 6.45) is 3.41. The molecule has 0 unspecified atom stereocenters. The summed E-state index contributed by atoms with van der Waals surface area (Å²) in [5, 5.41) is 11.6. The Hall–Kier alpha value is -2.05. The number of carboxylic acids is 1. The third-order valence-electron chi connectivity index (χ3n) is 3.05. The van der Waals surface area contributed by atoms with Gasteiger partial charge in [0.1, 0.15) is 11.6 Å². The Morgan fingerprint density at radius 3 is 2.68 bits per heavy atom. The molecule has 1 amide bonds. The van der Waals surface area contributed by atoms with Crippen LogP contribution in [-0.4, -0.2) is 38.8 Å². The number of aromatic amines is 1. The number of hydrogen-bond acceptors (Lipinski definition) is 4. The first-order chi connectivity index (χ1) is 10.2. The molecule has 0 aliphatic heterocycles. The normalized spacial score (nSPS) is 12.7. The number of aromatic nitrogens is 2. The average Bonchev–Trinajstić information content (AvgIpc) is 2.82. The molecule has 1 heterocycles. The van der Waals surface area contributed by atoms with E-state index in [1.807, 2.05) is 6.92 Å². The smallest absolute Gasteiger partial charge is 0.408 e. The summed E-state index contributed by atoms with van der Waals surface area (Å²) >= 11 is 0. The van der Waals surface area contributed by atoms with Gasteiger partial charge < -0.3 is 20.1 Å². The number of H-pyrrole nitrogens is 1. The molecule has 0 bridgehead atoms. The van der Waals surface area contributed by atoms with E-state index in [1.54, 1.807) is 27.1 Å². The number of carbonyl (C=O) groups is 2. The summed E-state index contributed by atoms with van der Waals surface area (Å²) in [5.74, 6) is -1.06. The van der Waals surface area contributed by atoms with Gasteiger partial charge in [0.05, 0.1) is 12.0 Å². The molecule has 0 fully saturated rings. The van der Waals surface area contributed by atoms with Crippen LogP contribution in [0.15, 0.2) is 6.33 Å². The van der Waals surface area contributed by atoms with Gasteiger partial charge in [-0.25, -0.2) is 14.6 Å². The molecule has 0 aliphatic carbocycles. The number of nitrogens with one attached hydrogen (secondary N) is 2. The minimum absolute atomic E-state index is 0.330. The van der Waals surface area contributed by atoms with Gasteiger partial charge in [0, 0.05) is 5.69 Å². The fourth-order valence-electron chi connectivity index (χ4n) is 2.06. The molecule has 1 aromatic rings. The zero-order valence-corrected chi connectivity index (χ0v) is 13.6. The summed E-state index contributed by atoms with van der Waals surface area (Å²) in [7, 11) is 0. The number of aliphatic carboxylic acids is 1. The topological polar surface area (TPSA) is 104 Å². The Bertz CT molecular complexity index is 505. The molecule has 1 atom stereocenters. The van der Waals surface area contributed by atoms with Crippen LogP contribution in [-0.2, 0) is 22.4 Å². The van der Waals surface area contributed by atoms with Gasteiger partial charge in [-0.15, -0.1) is 0 Å². The van der Waals surface area contributed by atoms with Crippen molar-refractivity contribution in [3.05, 3.63) is 17.7 Å². The number of imidazole rings is 1. The Labute approximate surface area is 130 Å². The van der Waals surface area contributed by atoms with E-state index in [1.165, 1.54) is 0 Å². The van der Waals surface area contributed by atoms with Gasteiger partial charge in [0.2, 0.25) is 0 Å². The summed E-state index contributed by atoms with van der Waals surface area (Å²) in [4.78, 5) is 30.1. The maximum atomic E-state index is 11.7. The van der Waals surface area contributed by atoms with Crippen molar-refractivity contribution in [3.63, 3.8) is 0 Å². The molecule has 3 N–H and O–H groups in total. The molecule has 124 valence electrons. The molecular weight excluding hydrogens is 286 g/mol. The van der Waals surface area contributed by atoms with Crippen LogP contribution < -0.4 is 5.32 Å². The highest BCUT2D eigenvalue weighted by molar-refractivity contribution is 5.79. The fourth-order valence-corrected chi connectivity index (χ4v) is 2.06. The van der Waals surface area contributed by atoms with Gasteiger partial charge in [-0.3, -0.25) is 0 Å².